The first-order valence-corrected chi connectivity index (χ1v) is 10.7. The minimum absolute atomic E-state index is 0.981. The lowest BCUT2D eigenvalue weighted by Gasteiger charge is -2.20. The number of fused-ring (bicyclic) bond motifs is 5. The number of rotatable bonds is 1. The third-order valence-corrected chi connectivity index (χ3v) is 6.61. The summed E-state index contributed by atoms with van der Waals surface area (Å²) in [6, 6.07) is 24.1. The molecule has 4 aromatic carbocycles. The molecule has 0 spiro atoms. The van der Waals surface area contributed by atoms with E-state index in [-0.39, 0.29) is 0 Å². The van der Waals surface area contributed by atoms with Crippen molar-refractivity contribution in [1.29, 1.82) is 0 Å². The van der Waals surface area contributed by atoms with Crippen molar-refractivity contribution in [2.24, 2.45) is 0 Å². The van der Waals surface area contributed by atoms with Crippen LogP contribution in [0.1, 0.15) is 24.0 Å². The molecule has 1 aliphatic rings. The van der Waals surface area contributed by atoms with Crippen LogP contribution < -0.4 is 0 Å². The lowest BCUT2D eigenvalue weighted by Crippen LogP contribution is -2.04. The first kappa shape index (κ1) is 16.4. The van der Waals surface area contributed by atoms with Crippen LogP contribution in [-0.4, -0.2) is 0 Å². The molecule has 0 unspecified atom stereocenters. The zero-order valence-electron chi connectivity index (χ0n) is 15.5. The Balaban J connectivity index is 1.79. The lowest BCUT2D eigenvalue weighted by atomic mass is 9.83. The monoisotopic (exact) mass is 426 g/mol. The van der Waals surface area contributed by atoms with Crippen molar-refractivity contribution in [3.63, 3.8) is 0 Å². The van der Waals surface area contributed by atoms with Crippen molar-refractivity contribution in [2.75, 3.05) is 0 Å². The van der Waals surface area contributed by atoms with Gasteiger partial charge >= 0.3 is 0 Å². The van der Waals surface area contributed by atoms with E-state index in [1.54, 1.807) is 0 Å². The summed E-state index contributed by atoms with van der Waals surface area (Å²) in [6.45, 7) is 0. The summed E-state index contributed by atoms with van der Waals surface area (Å²) in [5.74, 6) is 0. The third-order valence-electron chi connectivity index (χ3n) is 6.08. The minimum Gasteiger partial charge on any atom is -0.456 e. The van der Waals surface area contributed by atoms with Crippen molar-refractivity contribution < 1.29 is 4.42 Å². The second kappa shape index (κ2) is 6.22. The molecule has 0 fully saturated rings. The maximum absolute atomic E-state index is 6.40. The van der Waals surface area contributed by atoms with Crippen molar-refractivity contribution in [2.45, 2.75) is 25.7 Å². The average Bonchev–Trinajstić information content (AvgIpc) is 3.08. The number of hydrogen-bond acceptors (Lipinski definition) is 1. The first-order valence-electron chi connectivity index (χ1n) is 9.94. The molecule has 0 atom stereocenters. The molecule has 1 aliphatic carbocycles. The fourth-order valence-corrected chi connectivity index (χ4v) is 5.04. The average molecular weight is 427 g/mol. The van der Waals surface area contributed by atoms with E-state index in [0.717, 1.165) is 28.5 Å². The van der Waals surface area contributed by atoms with Gasteiger partial charge in [-0.05, 0) is 89.0 Å². The molecule has 6 rings (SSSR count). The highest BCUT2D eigenvalue weighted by atomic mass is 79.9. The van der Waals surface area contributed by atoms with Gasteiger partial charge < -0.3 is 4.42 Å². The summed E-state index contributed by atoms with van der Waals surface area (Å²) in [5.41, 5.74) is 7.62. The molecule has 0 saturated carbocycles. The SMILES string of the molecule is Brc1ccc(-c2c3c(cc4oc5cc6ccccc6cc5c24)CCCC3)cc1. The van der Waals surface area contributed by atoms with Crippen LogP contribution in [0.3, 0.4) is 0 Å². The number of furan rings is 1. The predicted octanol–water partition coefficient (Wildman–Crippen LogP) is 8.05. The Morgan fingerprint density at radius 2 is 1.50 bits per heavy atom. The maximum Gasteiger partial charge on any atom is 0.136 e. The molecular weight excluding hydrogens is 408 g/mol. The lowest BCUT2D eigenvalue weighted by molar-refractivity contribution is 0.660. The van der Waals surface area contributed by atoms with Crippen LogP contribution in [0.15, 0.2) is 75.6 Å². The van der Waals surface area contributed by atoms with E-state index in [2.05, 4.69) is 82.7 Å². The van der Waals surface area contributed by atoms with Crippen molar-refractivity contribution in [3.05, 3.63) is 82.3 Å². The van der Waals surface area contributed by atoms with Crippen molar-refractivity contribution in [3.8, 4) is 11.1 Å². The Bertz CT molecular complexity index is 1360. The summed E-state index contributed by atoms with van der Waals surface area (Å²) < 4.78 is 7.51. The number of hydrogen-bond donors (Lipinski definition) is 0. The van der Waals surface area contributed by atoms with E-state index in [9.17, 15) is 0 Å². The van der Waals surface area contributed by atoms with Gasteiger partial charge in [-0.25, -0.2) is 0 Å². The van der Waals surface area contributed by atoms with Gasteiger partial charge in [0.1, 0.15) is 11.2 Å². The van der Waals surface area contributed by atoms with E-state index in [1.807, 2.05) is 0 Å². The van der Waals surface area contributed by atoms with Gasteiger partial charge in [0.25, 0.3) is 0 Å². The fourth-order valence-electron chi connectivity index (χ4n) is 4.78. The number of halogens is 1. The third kappa shape index (κ3) is 2.44. The highest BCUT2D eigenvalue weighted by Gasteiger charge is 2.22. The van der Waals surface area contributed by atoms with Gasteiger partial charge in [0, 0.05) is 15.2 Å². The number of benzene rings is 4. The molecule has 0 N–H and O–H groups in total. The largest absolute Gasteiger partial charge is 0.456 e. The summed E-state index contributed by atoms with van der Waals surface area (Å²) in [4.78, 5) is 0. The van der Waals surface area contributed by atoms with Crippen molar-refractivity contribution in [1.82, 2.24) is 0 Å². The summed E-state index contributed by atoms with van der Waals surface area (Å²) >= 11 is 3.58. The topological polar surface area (TPSA) is 13.1 Å². The van der Waals surface area contributed by atoms with E-state index >= 15 is 0 Å². The van der Waals surface area contributed by atoms with Gasteiger partial charge in [-0.3, -0.25) is 0 Å². The molecule has 0 aliphatic heterocycles. The molecule has 0 saturated heterocycles. The summed E-state index contributed by atoms with van der Waals surface area (Å²) in [5, 5.41) is 4.98. The van der Waals surface area contributed by atoms with Crippen LogP contribution in [0.2, 0.25) is 0 Å². The molecule has 0 amide bonds. The van der Waals surface area contributed by atoms with Gasteiger partial charge in [-0.15, -0.1) is 0 Å². The predicted molar refractivity (Wildman–Crippen MR) is 121 cm³/mol. The standard InChI is InChI=1S/C26H19BrO/c27-20-11-9-16(10-12-20)25-21-8-4-3-7-19(21)15-24-26(25)22-13-17-5-1-2-6-18(17)14-23(22)28-24/h1-2,5-6,9-15H,3-4,7-8H2. The van der Waals surface area contributed by atoms with Crippen LogP contribution >= 0.6 is 15.9 Å². The smallest absolute Gasteiger partial charge is 0.136 e. The van der Waals surface area contributed by atoms with Crippen LogP contribution in [0.25, 0.3) is 43.8 Å². The van der Waals surface area contributed by atoms with Crippen LogP contribution in [0.4, 0.5) is 0 Å². The second-order valence-corrected chi connectivity index (χ2v) is 8.69. The Labute approximate surface area is 172 Å². The van der Waals surface area contributed by atoms with Crippen molar-refractivity contribution >= 4 is 48.6 Å². The van der Waals surface area contributed by atoms with E-state index in [0.29, 0.717) is 0 Å². The first-order chi connectivity index (χ1) is 13.8. The molecule has 1 heterocycles. The molecule has 0 radical (unpaired) electrons. The molecule has 5 aromatic rings. The summed E-state index contributed by atoms with van der Waals surface area (Å²) in [7, 11) is 0. The molecule has 2 heteroatoms. The van der Waals surface area contributed by atoms with E-state index < -0.39 is 0 Å². The zero-order chi connectivity index (χ0) is 18.7. The van der Waals surface area contributed by atoms with Crippen LogP contribution in [-0.2, 0) is 12.8 Å². The Morgan fingerprint density at radius 3 is 2.32 bits per heavy atom. The zero-order valence-corrected chi connectivity index (χ0v) is 17.1. The van der Waals surface area contributed by atoms with Gasteiger partial charge in [-0.1, -0.05) is 52.3 Å². The van der Waals surface area contributed by atoms with Crippen LogP contribution in [0.5, 0.6) is 0 Å². The highest BCUT2D eigenvalue weighted by Crippen LogP contribution is 2.43. The van der Waals surface area contributed by atoms with Gasteiger partial charge in [0.15, 0.2) is 0 Å². The van der Waals surface area contributed by atoms with E-state index in [4.69, 9.17) is 4.42 Å². The normalized spacial score (nSPS) is 14.0. The summed E-state index contributed by atoms with van der Waals surface area (Å²) in [6.07, 6.45) is 4.83. The highest BCUT2D eigenvalue weighted by molar-refractivity contribution is 9.10. The van der Waals surface area contributed by atoms with Crippen LogP contribution in [0, 0.1) is 0 Å². The Morgan fingerprint density at radius 1 is 0.750 bits per heavy atom. The molecule has 0 bridgehead atoms. The molecule has 136 valence electrons. The van der Waals surface area contributed by atoms with Gasteiger partial charge in [-0.2, -0.15) is 0 Å². The second-order valence-electron chi connectivity index (χ2n) is 7.77. The van der Waals surface area contributed by atoms with Gasteiger partial charge in [0.2, 0.25) is 0 Å². The minimum atomic E-state index is 0.981. The maximum atomic E-state index is 6.40. The Kier molecular flexibility index (Phi) is 3.64. The quantitative estimate of drug-likeness (QED) is 0.264. The van der Waals surface area contributed by atoms with E-state index in [1.165, 1.54) is 56.6 Å². The fraction of sp³-hybridized carbons (Fsp3) is 0.154. The molecule has 1 nitrogen and oxygen atoms in total. The Hall–Kier alpha value is -2.58. The van der Waals surface area contributed by atoms with Gasteiger partial charge in [0.05, 0.1) is 0 Å². The number of aryl methyl sites for hydroxylation is 1. The molecule has 1 aromatic heterocycles. The molecular formula is C26H19BrO. The molecule has 28 heavy (non-hydrogen) atoms.